The van der Waals surface area contributed by atoms with E-state index in [1.165, 1.54) is 0 Å². The van der Waals surface area contributed by atoms with Gasteiger partial charge in [-0.05, 0) is 19.3 Å². The number of esters is 1. The summed E-state index contributed by atoms with van der Waals surface area (Å²) >= 11 is 0. The van der Waals surface area contributed by atoms with E-state index in [1.54, 1.807) is 0 Å². The fourth-order valence-electron chi connectivity index (χ4n) is 2.38. The summed E-state index contributed by atoms with van der Waals surface area (Å²) in [6.45, 7) is 1.41. The van der Waals surface area contributed by atoms with Gasteiger partial charge in [-0.15, -0.1) is 0 Å². The van der Waals surface area contributed by atoms with E-state index in [9.17, 15) is 13.2 Å². The van der Waals surface area contributed by atoms with Crippen LogP contribution in [0.5, 0.6) is 0 Å². The van der Waals surface area contributed by atoms with Crippen LogP contribution in [0.3, 0.4) is 0 Å². The number of carbonyl (C=O) groups is 1. The van der Waals surface area contributed by atoms with E-state index in [2.05, 4.69) is 5.32 Å². The van der Waals surface area contributed by atoms with E-state index in [0.29, 0.717) is 6.54 Å². The summed E-state index contributed by atoms with van der Waals surface area (Å²) in [5.74, 6) is -0.194. The molecule has 7 heteroatoms. The van der Waals surface area contributed by atoms with Crippen molar-refractivity contribution in [2.45, 2.75) is 37.8 Å². The molecule has 0 aromatic carbocycles. The van der Waals surface area contributed by atoms with Gasteiger partial charge in [0.05, 0.1) is 24.0 Å². The van der Waals surface area contributed by atoms with Gasteiger partial charge in [0.15, 0.2) is 9.84 Å². The smallest absolute Gasteiger partial charge is 0.307 e. The van der Waals surface area contributed by atoms with Crippen molar-refractivity contribution in [2.75, 3.05) is 31.3 Å². The molecular formula is C12H21NO5S. The Hall–Kier alpha value is -0.660. The Labute approximate surface area is 113 Å². The Morgan fingerprint density at radius 1 is 1.37 bits per heavy atom. The highest BCUT2D eigenvalue weighted by Crippen LogP contribution is 2.13. The zero-order chi connectivity index (χ0) is 13.7. The van der Waals surface area contributed by atoms with Crippen LogP contribution in [0.2, 0.25) is 0 Å². The molecule has 0 spiro atoms. The minimum Gasteiger partial charge on any atom is -0.463 e. The predicted molar refractivity (Wildman–Crippen MR) is 69.6 cm³/mol. The quantitative estimate of drug-likeness (QED) is 0.727. The number of nitrogens with one attached hydrogen (secondary N) is 1. The van der Waals surface area contributed by atoms with Crippen molar-refractivity contribution < 1.29 is 22.7 Å². The molecule has 19 heavy (non-hydrogen) atoms. The first-order chi connectivity index (χ1) is 9.05. The van der Waals surface area contributed by atoms with Crippen LogP contribution in [0, 0.1) is 0 Å². The molecule has 0 amide bonds. The van der Waals surface area contributed by atoms with Crippen LogP contribution in [0.25, 0.3) is 0 Å². The van der Waals surface area contributed by atoms with Crippen LogP contribution in [0.4, 0.5) is 0 Å². The highest BCUT2D eigenvalue weighted by atomic mass is 32.2. The highest BCUT2D eigenvalue weighted by molar-refractivity contribution is 7.91. The molecule has 2 saturated heterocycles. The Morgan fingerprint density at radius 2 is 2.21 bits per heavy atom. The number of sulfone groups is 1. The standard InChI is InChI=1S/C12H21NO5S/c14-12(18-8-11-3-1-2-5-17-11)7-10-9-19(15,16)6-4-13-10/h10-11,13H,1-9H2. The third-order valence-corrected chi connectivity index (χ3v) is 5.15. The maximum absolute atomic E-state index is 11.7. The van der Waals surface area contributed by atoms with Gasteiger partial charge >= 0.3 is 5.97 Å². The van der Waals surface area contributed by atoms with Crippen molar-refractivity contribution in [1.29, 1.82) is 0 Å². The number of carbonyl (C=O) groups excluding carboxylic acids is 1. The molecule has 2 heterocycles. The fourth-order valence-corrected chi connectivity index (χ4v) is 3.83. The normalized spacial score (nSPS) is 30.7. The van der Waals surface area contributed by atoms with E-state index in [0.717, 1.165) is 25.9 Å². The second-order valence-corrected chi connectivity index (χ2v) is 7.37. The maximum atomic E-state index is 11.7. The van der Waals surface area contributed by atoms with Gasteiger partial charge in [-0.2, -0.15) is 0 Å². The van der Waals surface area contributed by atoms with E-state index in [1.807, 2.05) is 0 Å². The molecule has 2 unspecified atom stereocenters. The van der Waals surface area contributed by atoms with Crippen molar-refractivity contribution in [3.8, 4) is 0 Å². The lowest BCUT2D eigenvalue weighted by atomic mass is 10.1. The maximum Gasteiger partial charge on any atom is 0.307 e. The second-order valence-electron chi connectivity index (χ2n) is 5.14. The van der Waals surface area contributed by atoms with Crippen LogP contribution < -0.4 is 5.32 Å². The van der Waals surface area contributed by atoms with Crippen LogP contribution in [0.15, 0.2) is 0 Å². The van der Waals surface area contributed by atoms with Gasteiger partial charge in [0.2, 0.25) is 0 Å². The van der Waals surface area contributed by atoms with Gasteiger partial charge in [0.25, 0.3) is 0 Å². The van der Waals surface area contributed by atoms with Gasteiger partial charge in [-0.1, -0.05) is 0 Å². The lowest BCUT2D eigenvalue weighted by Gasteiger charge is -2.24. The minimum absolute atomic E-state index is 0.000692. The summed E-state index contributed by atoms with van der Waals surface area (Å²) in [6.07, 6.45) is 3.19. The zero-order valence-corrected chi connectivity index (χ0v) is 11.8. The van der Waals surface area contributed by atoms with Gasteiger partial charge in [-0.3, -0.25) is 4.79 Å². The number of hydrogen-bond donors (Lipinski definition) is 1. The van der Waals surface area contributed by atoms with Gasteiger partial charge < -0.3 is 14.8 Å². The molecule has 110 valence electrons. The molecule has 6 nitrogen and oxygen atoms in total. The third-order valence-electron chi connectivity index (χ3n) is 3.42. The summed E-state index contributed by atoms with van der Waals surface area (Å²) in [6, 6.07) is -0.321. The number of hydrogen-bond acceptors (Lipinski definition) is 6. The van der Waals surface area contributed by atoms with Gasteiger partial charge in [-0.25, -0.2) is 8.42 Å². The topological polar surface area (TPSA) is 81.7 Å². The lowest BCUT2D eigenvalue weighted by Crippen LogP contribution is -2.46. The minimum atomic E-state index is -3.01. The molecule has 0 bridgehead atoms. The summed E-state index contributed by atoms with van der Waals surface area (Å²) < 4.78 is 33.5. The average molecular weight is 291 g/mol. The summed E-state index contributed by atoms with van der Waals surface area (Å²) in [7, 11) is -3.01. The second kappa shape index (κ2) is 6.67. The summed E-state index contributed by atoms with van der Waals surface area (Å²) in [5.41, 5.74) is 0. The van der Waals surface area contributed by atoms with Crippen molar-refractivity contribution in [2.24, 2.45) is 0 Å². The predicted octanol–water partition coefficient (Wildman–Crippen LogP) is -0.125. The highest BCUT2D eigenvalue weighted by Gasteiger charge is 2.27. The van der Waals surface area contributed by atoms with E-state index >= 15 is 0 Å². The molecule has 2 aliphatic rings. The number of rotatable bonds is 4. The van der Waals surface area contributed by atoms with Crippen molar-refractivity contribution in [3.63, 3.8) is 0 Å². The fraction of sp³-hybridized carbons (Fsp3) is 0.917. The van der Waals surface area contributed by atoms with E-state index in [-0.39, 0.29) is 42.6 Å². The molecule has 2 fully saturated rings. The Morgan fingerprint density at radius 3 is 2.89 bits per heavy atom. The molecule has 1 N–H and O–H groups in total. The summed E-state index contributed by atoms with van der Waals surface area (Å²) in [4.78, 5) is 11.7. The number of ether oxygens (including phenoxy) is 2. The molecular weight excluding hydrogens is 270 g/mol. The first-order valence-electron chi connectivity index (χ1n) is 6.76. The van der Waals surface area contributed by atoms with Crippen LogP contribution in [-0.2, 0) is 24.1 Å². The Balaban J connectivity index is 1.69. The molecule has 0 aliphatic carbocycles. The van der Waals surface area contributed by atoms with E-state index in [4.69, 9.17) is 9.47 Å². The average Bonchev–Trinajstić information content (AvgIpc) is 2.36. The SMILES string of the molecule is O=C(CC1CS(=O)(=O)CCN1)OCC1CCCCO1. The molecule has 0 radical (unpaired) electrons. The molecule has 2 atom stereocenters. The first kappa shape index (κ1) is 14.7. The molecule has 2 aliphatic heterocycles. The third kappa shape index (κ3) is 5.08. The monoisotopic (exact) mass is 291 g/mol. The molecule has 0 aromatic heterocycles. The van der Waals surface area contributed by atoms with Crippen molar-refractivity contribution in [1.82, 2.24) is 5.32 Å². The van der Waals surface area contributed by atoms with Crippen LogP contribution in [0.1, 0.15) is 25.7 Å². The van der Waals surface area contributed by atoms with Crippen molar-refractivity contribution >= 4 is 15.8 Å². The van der Waals surface area contributed by atoms with E-state index < -0.39 is 9.84 Å². The first-order valence-corrected chi connectivity index (χ1v) is 8.58. The largest absolute Gasteiger partial charge is 0.463 e. The molecule has 0 aromatic rings. The van der Waals surface area contributed by atoms with Crippen LogP contribution >= 0.6 is 0 Å². The molecule has 0 saturated carbocycles. The van der Waals surface area contributed by atoms with Gasteiger partial charge in [0.1, 0.15) is 6.61 Å². The van der Waals surface area contributed by atoms with Crippen molar-refractivity contribution in [3.05, 3.63) is 0 Å². The Bertz CT molecular complexity index is 402. The summed E-state index contributed by atoms with van der Waals surface area (Å²) in [5, 5.41) is 3.03. The zero-order valence-electron chi connectivity index (χ0n) is 11.0. The Kier molecular flexibility index (Phi) is 5.18. The lowest BCUT2D eigenvalue weighted by molar-refractivity contribution is -0.149. The van der Waals surface area contributed by atoms with Crippen LogP contribution in [-0.4, -0.2) is 57.8 Å². The van der Waals surface area contributed by atoms with Gasteiger partial charge in [0, 0.05) is 19.2 Å². The molecule has 2 rings (SSSR count).